The highest BCUT2D eigenvalue weighted by Gasteiger charge is 2.40. The summed E-state index contributed by atoms with van der Waals surface area (Å²) in [6.07, 6.45) is 3.57. The number of thiophene rings is 1. The number of hydrogen-bond acceptors (Lipinski definition) is 8. The van der Waals surface area contributed by atoms with Crippen molar-refractivity contribution in [3.63, 3.8) is 0 Å². The molecule has 34 heavy (non-hydrogen) atoms. The summed E-state index contributed by atoms with van der Waals surface area (Å²) in [4.78, 5) is 27.3. The number of nitrogens with two attached hydrogens (primary N) is 1. The molecule has 0 spiro atoms. The Labute approximate surface area is 202 Å². The Balaban J connectivity index is 1.48. The number of benzene rings is 1. The van der Waals surface area contributed by atoms with Gasteiger partial charge in [-0.1, -0.05) is 18.2 Å². The van der Waals surface area contributed by atoms with Crippen LogP contribution in [-0.2, 0) is 9.53 Å². The molecule has 178 valence electrons. The monoisotopic (exact) mass is 479 g/mol. The Morgan fingerprint density at radius 3 is 2.74 bits per heavy atom. The first-order chi connectivity index (χ1) is 16.6. The highest BCUT2D eigenvalue weighted by Crippen LogP contribution is 2.45. The molecule has 3 atom stereocenters. The van der Waals surface area contributed by atoms with Crippen LogP contribution >= 0.6 is 11.3 Å². The van der Waals surface area contributed by atoms with E-state index in [1.54, 1.807) is 18.4 Å². The summed E-state index contributed by atoms with van der Waals surface area (Å²) < 4.78 is 11.6. The maximum absolute atomic E-state index is 11.4. The fourth-order valence-corrected chi connectivity index (χ4v) is 6.67. The topological polar surface area (TPSA) is 93.8 Å². The number of fused-ring (bicyclic) bond motifs is 3. The van der Waals surface area contributed by atoms with Crippen LogP contribution in [0.1, 0.15) is 25.7 Å². The van der Waals surface area contributed by atoms with Gasteiger partial charge in [0.15, 0.2) is 0 Å². The zero-order valence-electron chi connectivity index (χ0n) is 19.3. The number of primary amides is 1. The molecule has 9 heteroatoms. The van der Waals surface area contributed by atoms with Gasteiger partial charge in [0.25, 0.3) is 0 Å². The lowest BCUT2D eigenvalue weighted by atomic mass is 10.0. The normalized spacial score (nSPS) is 24.2. The van der Waals surface area contributed by atoms with Gasteiger partial charge in [-0.25, -0.2) is 4.98 Å². The summed E-state index contributed by atoms with van der Waals surface area (Å²) in [7, 11) is 1.71. The molecule has 3 aromatic rings. The number of carbonyl (C=O) groups excluding carboxylic acids is 1. The zero-order valence-corrected chi connectivity index (χ0v) is 20.1. The number of hydrogen-bond donors (Lipinski definition) is 1. The third kappa shape index (κ3) is 3.67. The van der Waals surface area contributed by atoms with Gasteiger partial charge in [0.1, 0.15) is 16.4 Å². The molecule has 8 nitrogen and oxygen atoms in total. The van der Waals surface area contributed by atoms with Gasteiger partial charge in [0, 0.05) is 36.0 Å². The van der Waals surface area contributed by atoms with Crippen molar-refractivity contribution in [2.75, 3.05) is 43.2 Å². The average molecular weight is 480 g/mol. The molecule has 0 aliphatic carbocycles. The van der Waals surface area contributed by atoms with Gasteiger partial charge in [0.05, 0.1) is 37.8 Å². The fraction of sp³-hybridized carbons (Fsp3) is 0.480. The van der Waals surface area contributed by atoms with E-state index in [0.717, 1.165) is 84.4 Å². The molecule has 2 aromatic heterocycles. The Morgan fingerprint density at radius 2 is 1.97 bits per heavy atom. The van der Waals surface area contributed by atoms with Crippen molar-refractivity contribution < 1.29 is 14.3 Å². The molecule has 3 aliphatic heterocycles. The predicted octanol–water partition coefficient (Wildman–Crippen LogP) is 3.44. The van der Waals surface area contributed by atoms with Crippen molar-refractivity contribution in [3.8, 4) is 16.9 Å². The van der Waals surface area contributed by atoms with Crippen LogP contribution in [0.3, 0.4) is 0 Å². The first-order valence-electron chi connectivity index (χ1n) is 11.9. The van der Waals surface area contributed by atoms with Crippen molar-refractivity contribution in [1.82, 2.24) is 9.97 Å². The molecule has 5 heterocycles. The maximum Gasteiger partial charge on any atom is 0.228 e. The number of para-hydroxylation sites is 1. The molecule has 1 amide bonds. The van der Waals surface area contributed by atoms with E-state index in [0.29, 0.717) is 18.5 Å². The highest BCUT2D eigenvalue weighted by atomic mass is 32.1. The van der Waals surface area contributed by atoms with E-state index in [4.69, 9.17) is 25.2 Å². The van der Waals surface area contributed by atoms with E-state index in [2.05, 4.69) is 21.2 Å². The Morgan fingerprint density at radius 1 is 1.18 bits per heavy atom. The molecule has 3 unspecified atom stereocenters. The van der Waals surface area contributed by atoms with E-state index in [9.17, 15) is 4.79 Å². The standard InChI is InChI=1S/C25H29N5O3S/c1-32-20-5-3-2-4-18(20)19-14-34-24-22(19)23(30-16-6-7-17(30)13-33-12-16)27-25(28-24)29-9-8-15(11-29)10-21(26)31/h2-5,14-17H,6-13H2,1H3,(H2,26,31). The molecule has 0 saturated carbocycles. The minimum atomic E-state index is -0.242. The smallest absolute Gasteiger partial charge is 0.228 e. The molecule has 3 aliphatic rings. The lowest BCUT2D eigenvalue weighted by molar-refractivity contribution is -0.118. The maximum atomic E-state index is 11.4. The van der Waals surface area contributed by atoms with Crippen molar-refractivity contribution in [1.29, 1.82) is 0 Å². The molecule has 3 saturated heterocycles. The Hall–Kier alpha value is -2.91. The number of amides is 1. The molecule has 3 fully saturated rings. The van der Waals surface area contributed by atoms with Crippen LogP contribution in [0.4, 0.5) is 11.8 Å². The van der Waals surface area contributed by atoms with Crippen LogP contribution < -0.4 is 20.3 Å². The Bertz CT molecular complexity index is 1210. The van der Waals surface area contributed by atoms with E-state index >= 15 is 0 Å². The number of methoxy groups -OCH3 is 1. The van der Waals surface area contributed by atoms with Crippen LogP contribution in [0, 0.1) is 5.92 Å². The second-order valence-electron chi connectivity index (χ2n) is 9.48. The number of nitrogens with zero attached hydrogens (tertiary/aromatic N) is 4. The quantitative estimate of drug-likeness (QED) is 0.579. The van der Waals surface area contributed by atoms with Gasteiger partial charge in [-0.2, -0.15) is 4.98 Å². The second kappa shape index (κ2) is 8.70. The van der Waals surface area contributed by atoms with E-state index in [1.165, 1.54) is 0 Å². The van der Waals surface area contributed by atoms with Gasteiger partial charge in [-0.3, -0.25) is 4.79 Å². The van der Waals surface area contributed by atoms with Crippen LogP contribution in [0.15, 0.2) is 29.6 Å². The number of anilines is 2. The number of rotatable bonds is 6. The van der Waals surface area contributed by atoms with E-state index in [-0.39, 0.29) is 11.8 Å². The fourth-order valence-electron chi connectivity index (χ4n) is 5.75. The Kier molecular flexibility index (Phi) is 5.53. The summed E-state index contributed by atoms with van der Waals surface area (Å²) in [5.74, 6) is 2.60. The lowest BCUT2D eigenvalue weighted by Crippen LogP contribution is -2.46. The van der Waals surface area contributed by atoms with Gasteiger partial charge in [-0.05, 0) is 31.2 Å². The molecular formula is C25H29N5O3S. The largest absolute Gasteiger partial charge is 0.496 e. The van der Waals surface area contributed by atoms with E-state index in [1.807, 2.05) is 18.2 Å². The molecule has 2 bridgehead atoms. The first-order valence-corrected chi connectivity index (χ1v) is 12.8. The van der Waals surface area contributed by atoms with Gasteiger partial charge < -0.3 is 25.0 Å². The third-order valence-electron chi connectivity index (χ3n) is 7.34. The van der Waals surface area contributed by atoms with Crippen LogP contribution in [0.25, 0.3) is 21.3 Å². The van der Waals surface area contributed by atoms with Gasteiger partial charge >= 0.3 is 0 Å². The minimum Gasteiger partial charge on any atom is -0.496 e. The number of carbonyl (C=O) groups is 1. The summed E-state index contributed by atoms with van der Waals surface area (Å²) in [6.45, 7) is 3.06. The van der Waals surface area contributed by atoms with Crippen molar-refractivity contribution in [2.45, 2.75) is 37.8 Å². The van der Waals surface area contributed by atoms with Crippen molar-refractivity contribution in [2.24, 2.45) is 11.7 Å². The van der Waals surface area contributed by atoms with Crippen LogP contribution in [0.5, 0.6) is 5.75 Å². The van der Waals surface area contributed by atoms with Crippen LogP contribution in [0.2, 0.25) is 0 Å². The molecule has 0 radical (unpaired) electrons. The highest BCUT2D eigenvalue weighted by molar-refractivity contribution is 7.17. The van der Waals surface area contributed by atoms with Crippen molar-refractivity contribution >= 4 is 39.2 Å². The minimum absolute atomic E-state index is 0.242. The summed E-state index contributed by atoms with van der Waals surface area (Å²) in [6, 6.07) is 8.78. The molecular weight excluding hydrogens is 450 g/mol. The first kappa shape index (κ1) is 21.6. The van der Waals surface area contributed by atoms with Crippen LogP contribution in [-0.4, -0.2) is 61.4 Å². The molecule has 2 N–H and O–H groups in total. The summed E-state index contributed by atoms with van der Waals surface area (Å²) in [5.41, 5.74) is 7.62. The number of ether oxygens (including phenoxy) is 2. The predicted molar refractivity (Wildman–Crippen MR) is 134 cm³/mol. The van der Waals surface area contributed by atoms with Gasteiger partial charge in [0.2, 0.25) is 11.9 Å². The second-order valence-corrected chi connectivity index (χ2v) is 10.3. The molecule has 6 rings (SSSR count). The average Bonchev–Trinajstić information content (AvgIpc) is 3.54. The summed E-state index contributed by atoms with van der Waals surface area (Å²) >= 11 is 1.65. The zero-order chi connectivity index (χ0) is 23.2. The molecule has 1 aromatic carbocycles. The lowest BCUT2D eigenvalue weighted by Gasteiger charge is -2.36. The number of morpholine rings is 1. The van der Waals surface area contributed by atoms with Crippen molar-refractivity contribution in [3.05, 3.63) is 29.6 Å². The van der Waals surface area contributed by atoms with E-state index < -0.39 is 0 Å². The SMILES string of the molecule is COc1ccccc1-c1csc2nc(N3CCC(CC(N)=O)C3)nc(N3C4CCC3COC4)c12. The number of aromatic nitrogens is 2. The van der Waals surface area contributed by atoms with Gasteiger partial charge in [-0.15, -0.1) is 11.3 Å². The summed E-state index contributed by atoms with van der Waals surface area (Å²) in [5, 5.41) is 3.26. The third-order valence-corrected chi connectivity index (χ3v) is 8.22.